The summed E-state index contributed by atoms with van der Waals surface area (Å²) in [7, 11) is 0. The van der Waals surface area contributed by atoms with Crippen LogP contribution in [0.3, 0.4) is 0 Å². The molecule has 0 saturated carbocycles. The molecule has 3 aromatic rings. The van der Waals surface area contributed by atoms with Gasteiger partial charge in [-0.05, 0) is 30.4 Å². The second-order valence-corrected chi connectivity index (χ2v) is 8.97. The first-order valence-electron chi connectivity index (χ1n) is 8.56. The van der Waals surface area contributed by atoms with Gasteiger partial charge in [0.05, 0.1) is 29.8 Å². The first-order valence-corrected chi connectivity index (χ1v) is 10.3. The number of thiophene rings is 2. The van der Waals surface area contributed by atoms with Gasteiger partial charge in [0.2, 0.25) is 0 Å². The van der Waals surface area contributed by atoms with E-state index in [9.17, 15) is 4.39 Å². The van der Waals surface area contributed by atoms with Crippen molar-refractivity contribution in [1.29, 1.82) is 0 Å². The van der Waals surface area contributed by atoms with Crippen LogP contribution in [0.15, 0.2) is 23.7 Å². The fourth-order valence-electron chi connectivity index (χ4n) is 3.19. The van der Waals surface area contributed by atoms with Crippen molar-refractivity contribution in [3.63, 3.8) is 0 Å². The molecule has 138 valence electrons. The second kappa shape index (κ2) is 7.19. The largest absolute Gasteiger partial charge is 0.378 e. The summed E-state index contributed by atoms with van der Waals surface area (Å²) >= 11 is 3.39. The molecule has 1 fully saturated rings. The normalized spacial score (nSPS) is 17.2. The number of aryl methyl sites for hydroxylation is 1. The number of fused-ring (bicyclic) bond motifs is 1. The maximum Gasteiger partial charge on any atom is 0.158 e. The SMILES string of the molecule is Cc1c(C[C@H](N)CC2(F)COC2)sc2c(NCc3cccs3)cnnc12. The van der Waals surface area contributed by atoms with Crippen LogP contribution in [0.1, 0.15) is 21.7 Å². The lowest BCUT2D eigenvalue weighted by Crippen LogP contribution is -2.49. The third-order valence-electron chi connectivity index (χ3n) is 4.63. The Labute approximate surface area is 159 Å². The van der Waals surface area contributed by atoms with E-state index in [1.165, 1.54) is 4.88 Å². The Morgan fingerprint density at radius 1 is 1.46 bits per heavy atom. The van der Waals surface area contributed by atoms with Crippen molar-refractivity contribution in [3.8, 4) is 0 Å². The summed E-state index contributed by atoms with van der Waals surface area (Å²) in [5, 5.41) is 14.0. The van der Waals surface area contributed by atoms with E-state index >= 15 is 0 Å². The van der Waals surface area contributed by atoms with Crippen molar-refractivity contribution in [2.24, 2.45) is 5.73 Å². The highest BCUT2D eigenvalue weighted by Gasteiger charge is 2.40. The zero-order valence-electron chi connectivity index (χ0n) is 14.5. The number of alkyl halides is 1. The third kappa shape index (κ3) is 3.59. The number of anilines is 1. The van der Waals surface area contributed by atoms with E-state index in [-0.39, 0.29) is 19.3 Å². The van der Waals surface area contributed by atoms with Crippen LogP contribution in [0.25, 0.3) is 10.2 Å². The quantitative estimate of drug-likeness (QED) is 0.642. The molecule has 0 bridgehead atoms. The Hall–Kier alpha value is -1.61. The van der Waals surface area contributed by atoms with Gasteiger partial charge in [-0.15, -0.1) is 27.8 Å². The molecule has 8 heteroatoms. The molecule has 1 aliphatic heterocycles. The number of aromatic nitrogens is 2. The van der Waals surface area contributed by atoms with Crippen molar-refractivity contribution >= 4 is 38.6 Å². The molecule has 4 heterocycles. The summed E-state index contributed by atoms with van der Waals surface area (Å²) in [5.74, 6) is 0. The van der Waals surface area contributed by atoms with E-state index in [1.54, 1.807) is 28.9 Å². The van der Waals surface area contributed by atoms with Gasteiger partial charge < -0.3 is 15.8 Å². The zero-order chi connectivity index (χ0) is 18.1. The molecule has 1 aliphatic rings. The molecule has 0 radical (unpaired) electrons. The minimum atomic E-state index is -1.25. The molecule has 0 aromatic carbocycles. The van der Waals surface area contributed by atoms with Gasteiger partial charge in [-0.1, -0.05) is 6.07 Å². The van der Waals surface area contributed by atoms with Gasteiger partial charge in [-0.2, -0.15) is 5.10 Å². The van der Waals surface area contributed by atoms with Gasteiger partial charge in [-0.3, -0.25) is 0 Å². The first kappa shape index (κ1) is 17.8. The summed E-state index contributed by atoms with van der Waals surface area (Å²) in [5.41, 5.74) is 7.93. The summed E-state index contributed by atoms with van der Waals surface area (Å²) < 4.78 is 20.3. The van der Waals surface area contributed by atoms with Crippen LogP contribution in [-0.2, 0) is 17.7 Å². The minimum absolute atomic E-state index is 0.161. The highest BCUT2D eigenvalue weighted by atomic mass is 32.1. The average Bonchev–Trinajstić information content (AvgIpc) is 3.21. The number of rotatable bonds is 7. The van der Waals surface area contributed by atoms with Gasteiger partial charge in [0, 0.05) is 28.8 Å². The number of halogens is 1. The summed E-state index contributed by atoms with van der Waals surface area (Å²) in [6, 6.07) is 3.91. The fourth-order valence-corrected chi connectivity index (χ4v) is 5.16. The van der Waals surface area contributed by atoms with Gasteiger partial charge in [0.15, 0.2) is 5.67 Å². The van der Waals surface area contributed by atoms with Crippen LogP contribution in [0, 0.1) is 6.92 Å². The molecule has 3 N–H and O–H groups in total. The zero-order valence-corrected chi connectivity index (χ0v) is 16.1. The van der Waals surface area contributed by atoms with Gasteiger partial charge in [-0.25, -0.2) is 4.39 Å². The molecule has 3 aromatic heterocycles. The van der Waals surface area contributed by atoms with Crippen LogP contribution in [0.2, 0.25) is 0 Å². The smallest absolute Gasteiger partial charge is 0.158 e. The Balaban J connectivity index is 1.52. The molecule has 0 amide bonds. The van der Waals surface area contributed by atoms with Crippen molar-refractivity contribution in [1.82, 2.24) is 10.2 Å². The highest BCUT2D eigenvalue weighted by Crippen LogP contribution is 2.36. The molecule has 1 atom stereocenters. The molecular formula is C18H21FN4OS2. The lowest BCUT2D eigenvalue weighted by Gasteiger charge is -2.35. The monoisotopic (exact) mass is 392 g/mol. The van der Waals surface area contributed by atoms with Gasteiger partial charge >= 0.3 is 0 Å². The molecule has 0 unspecified atom stereocenters. The van der Waals surface area contributed by atoms with E-state index in [0.29, 0.717) is 12.8 Å². The maximum atomic E-state index is 14.2. The van der Waals surface area contributed by atoms with E-state index in [4.69, 9.17) is 10.5 Å². The molecule has 5 nitrogen and oxygen atoms in total. The second-order valence-electron chi connectivity index (χ2n) is 6.83. The highest BCUT2D eigenvalue weighted by molar-refractivity contribution is 7.19. The Morgan fingerprint density at radius 3 is 3.00 bits per heavy atom. The van der Waals surface area contributed by atoms with Crippen LogP contribution in [-0.4, -0.2) is 35.1 Å². The average molecular weight is 393 g/mol. The summed E-state index contributed by atoms with van der Waals surface area (Å²) in [6.45, 7) is 3.12. The van der Waals surface area contributed by atoms with E-state index in [2.05, 4.69) is 27.0 Å². The fraction of sp³-hybridized carbons (Fsp3) is 0.444. The molecule has 26 heavy (non-hydrogen) atoms. The molecule has 0 aliphatic carbocycles. The molecule has 4 rings (SSSR count). The number of hydrogen-bond donors (Lipinski definition) is 2. The number of hydrogen-bond acceptors (Lipinski definition) is 7. The minimum Gasteiger partial charge on any atom is -0.378 e. The Morgan fingerprint density at radius 2 is 2.31 bits per heavy atom. The standard InChI is InChI=1S/C18H21FN4OS2/c1-11-15(5-12(20)6-18(19)9-24-10-18)26-17-14(8-22-23-16(11)17)21-7-13-3-2-4-25-13/h2-4,8,12H,5-7,9-10,20H2,1H3,(H,21,23)/t12-/m0/s1. The van der Waals surface area contributed by atoms with Gasteiger partial charge in [0.25, 0.3) is 0 Å². The molecular weight excluding hydrogens is 371 g/mol. The predicted molar refractivity (Wildman–Crippen MR) is 105 cm³/mol. The van der Waals surface area contributed by atoms with E-state index in [0.717, 1.165) is 32.9 Å². The number of nitrogens with zero attached hydrogens (tertiary/aromatic N) is 2. The van der Waals surface area contributed by atoms with Crippen LogP contribution in [0.5, 0.6) is 0 Å². The molecule has 0 spiro atoms. The van der Waals surface area contributed by atoms with E-state index < -0.39 is 5.67 Å². The van der Waals surface area contributed by atoms with E-state index in [1.807, 2.05) is 13.0 Å². The van der Waals surface area contributed by atoms with Crippen LogP contribution >= 0.6 is 22.7 Å². The number of nitrogens with one attached hydrogen (secondary N) is 1. The third-order valence-corrected chi connectivity index (χ3v) is 6.85. The summed E-state index contributed by atoms with van der Waals surface area (Å²) in [6.07, 6.45) is 2.73. The lowest BCUT2D eigenvalue weighted by molar-refractivity contribution is -0.135. The van der Waals surface area contributed by atoms with Crippen LogP contribution in [0.4, 0.5) is 10.1 Å². The van der Waals surface area contributed by atoms with Crippen molar-refractivity contribution in [3.05, 3.63) is 39.0 Å². The number of ether oxygens (including phenoxy) is 1. The topological polar surface area (TPSA) is 73.1 Å². The van der Waals surface area contributed by atoms with Crippen molar-refractivity contribution in [2.45, 2.75) is 38.0 Å². The van der Waals surface area contributed by atoms with Crippen molar-refractivity contribution < 1.29 is 9.13 Å². The Kier molecular flexibility index (Phi) is 4.92. The predicted octanol–water partition coefficient (Wildman–Crippen LogP) is 3.67. The number of nitrogens with two attached hydrogens (primary N) is 1. The Bertz CT molecular complexity index is 892. The van der Waals surface area contributed by atoms with Crippen LogP contribution < -0.4 is 11.1 Å². The maximum absolute atomic E-state index is 14.2. The van der Waals surface area contributed by atoms with Gasteiger partial charge in [0.1, 0.15) is 5.52 Å². The molecule has 1 saturated heterocycles. The summed E-state index contributed by atoms with van der Waals surface area (Å²) in [4.78, 5) is 2.41. The van der Waals surface area contributed by atoms with Crippen molar-refractivity contribution in [2.75, 3.05) is 18.5 Å². The lowest BCUT2D eigenvalue weighted by atomic mass is 9.93. The first-order chi connectivity index (χ1) is 12.5.